The van der Waals surface area contributed by atoms with Gasteiger partial charge in [0.05, 0.1) is 16.7 Å². The number of allylic oxidation sites excluding steroid dienone is 10. The normalized spacial score (nSPS) is 13.2. The number of hydrogen-bond donors (Lipinski definition) is 1. The summed E-state index contributed by atoms with van der Waals surface area (Å²) in [4.78, 5) is 12.3. The van der Waals surface area contributed by atoms with Gasteiger partial charge in [-0.2, -0.15) is 0 Å². The minimum Gasteiger partial charge on any atom is -0.356 e. The molecule has 0 bridgehead atoms. The van der Waals surface area contributed by atoms with E-state index >= 15 is 0 Å². The molecular formula is C51H49N5S. The number of nitrogens with one attached hydrogen (secondary N) is 1. The third-order valence-electron chi connectivity index (χ3n) is 9.56. The van der Waals surface area contributed by atoms with Crippen LogP contribution in [0.2, 0.25) is 0 Å². The number of likely N-dealkylation sites (N-methyl/N-ethyl adjacent to an activating group) is 1. The Hall–Kier alpha value is -6.63. The first-order valence-corrected chi connectivity index (χ1v) is 20.0. The molecule has 284 valence electrons. The Kier molecular flexibility index (Phi) is 13.6. The van der Waals surface area contributed by atoms with Gasteiger partial charge in [0, 0.05) is 51.2 Å². The fourth-order valence-corrected chi connectivity index (χ4v) is 8.24. The highest BCUT2D eigenvalue weighted by Gasteiger charge is 2.16. The van der Waals surface area contributed by atoms with Gasteiger partial charge >= 0.3 is 0 Å². The number of thiophene rings is 1. The van der Waals surface area contributed by atoms with E-state index in [-0.39, 0.29) is 0 Å². The van der Waals surface area contributed by atoms with Gasteiger partial charge in [-0.25, -0.2) is 9.98 Å². The minimum atomic E-state index is 0.634. The van der Waals surface area contributed by atoms with Crippen molar-refractivity contribution in [1.82, 2.24) is 9.47 Å². The highest BCUT2D eigenvalue weighted by Crippen LogP contribution is 2.41. The number of amidine groups is 1. The molecule has 0 unspecified atom stereocenters. The molecule has 2 aromatic heterocycles. The lowest BCUT2D eigenvalue weighted by Crippen LogP contribution is -2.25. The van der Waals surface area contributed by atoms with Crippen LogP contribution in [0.3, 0.4) is 0 Å². The zero-order valence-corrected chi connectivity index (χ0v) is 34.0. The van der Waals surface area contributed by atoms with Gasteiger partial charge in [-0.3, -0.25) is 5.41 Å². The summed E-state index contributed by atoms with van der Waals surface area (Å²) in [5, 5.41) is 10.9. The highest BCUT2D eigenvalue weighted by atomic mass is 32.1. The number of fused-ring (bicyclic) bond motifs is 4. The van der Waals surface area contributed by atoms with Gasteiger partial charge in [-0.1, -0.05) is 129 Å². The van der Waals surface area contributed by atoms with Crippen molar-refractivity contribution in [2.45, 2.75) is 27.2 Å². The topological polar surface area (TPSA) is 56.7 Å². The maximum Gasteiger partial charge on any atom is 0.129 e. The van der Waals surface area contributed by atoms with Gasteiger partial charge in [0.2, 0.25) is 0 Å². The van der Waals surface area contributed by atoms with E-state index in [0.717, 1.165) is 41.1 Å². The Balaban J connectivity index is 1.35. The lowest BCUT2D eigenvalue weighted by atomic mass is 10.00. The molecule has 0 aliphatic carbocycles. The second-order valence-electron chi connectivity index (χ2n) is 13.4. The fourth-order valence-electron chi connectivity index (χ4n) is 6.93. The fraction of sp³-hybridized carbons (Fsp3) is 0.118. The zero-order chi connectivity index (χ0) is 40.1. The quantitative estimate of drug-likeness (QED) is 0.0632. The van der Waals surface area contributed by atoms with Crippen LogP contribution in [0, 0.1) is 5.41 Å². The second-order valence-corrected chi connectivity index (χ2v) is 14.4. The SMILES string of the molecule is C=Cc1c(/C=C\C)sc2c(-c3ccc4c(c3)c3ccccc3n4C(/C=C\CN(C)C(/C=C/C=C(\C=C/C)C(=C)C=NC=N)=Nc3ccccc3)=C/CC)cccc12. The number of aliphatic imine (C=N–C) groups is 2. The van der Waals surface area contributed by atoms with Gasteiger partial charge in [-0.15, -0.1) is 11.3 Å². The Bertz CT molecular complexity index is 2670. The van der Waals surface area contributed by atoms with E-state index in [2.05, 4.69) is 140 Å². The summed E-state index contributed by atoms with van der Waals surface area (Å²) in [6.45, 7) is 15.1. The maximum atomic E-state index is 7.23. The molecule has 0 aliphatic rings. The molecule has 0 amide bonds. The Morgan fingerprint density at radius 3 is 2.40 bits per heavy atom. The van der Waals surface area contributed by atoms with Gasteiger partial charge in [-0.05, 0) is 96.7 Å². The van der Waals surface area contributed by atoms with Crippen LogP contribution in [0.25, 0.3) is 60.9 Å². The molecule has 6 heteroatoms. The summed E-state index contributed by atoms with van der Waals surface area (Å²) in [6.07, 6.45) is 26.4. The van der Waals surface area contributed by atoms with Crippen LogP contribution < -0.4 is 0 Å². The van der Waals surface area contributed by atoms with Crippen LogP contribution >= 0.6 is 11.3 Å². The number of hydrogen-bond acceptors (Lipinski definition) is 3. The Morgan fingerprint density at radius 1 is 0.877 bits per heavy atom. The van der Waals surface area contributed by atoms with Crippen molar-refractivity contribution in [2.75, 3.05) is 13.6 Å². The van der Waals surface area contributed by atoms with Crippen molar-refractivity contribution in [2.24, 2.45) is 9.98 Å². The molecule has 0 saturated carbocycles. The van der Waals surface area contributed by atoms with Crippen LogP contribution in [0.4, 0.5) is 5.69 Å². The first kappa shape index (κ1) is 40.0. The van der Waals surface area contributed by atoms with Gasteiger partial charge in [0.25, 0.3) is 0 Å². The van der Waals surface area contributed by atoms with Crippen LogP contribution in [-0.2, 0) is 0 Å². The van der Waals surface area contributed by atoms with E-state index in [4.69, 9.17) is 10.4 Å². The summed E-state index contributed by atoms with van der Waals surface area (Å²) in [5.41, 5.74) is 9.59. The van der Waals surface area contributed by atoms with Crippen molar-refractivity contribution in [3.05, 3.63) is 180 Å². The van der Waals surface area contributed by atoms with E-state index in [1.807, 2.05) is 85.0 Å². The van der Waals surface area contributed by atoms with Crippen molar-refractivity contribution in [1.29, 1.82) is 5.41 Å². The van der Waals surface area contributed by atoms with E-state index in [1.54, 1.807) is 6.21 Å². The number of benzene rings is 4. The number of para-hydroxylation sites is 2. The molecule has 5 nitrogen and oxygen atoms in total. The zero-order valence-electron chi connectivity index (χ0n) is 33.2. The van der Waals surface area contributed by atoms with E-state index < -0.39 is 0 Å². The molecule has 0 fully saturated rings. The molecule has 0 aliphatic heterocycles. The van der Waals surface area contributed by atoms with Crippen LogP contribution in [0.1, 0.15) is 37.6 Å². The summed E-state index contributed by atoms with van der Waals surface area (Å²) in [7, 11) is 2.06. The number of rotatable bonds is 15. The van der Waals surface area contributed by atoms with E-state index in [9.17, 15) is 0 Å². The van der Waals surface area contributed by atoms with Gasteiger partial charge in [0.1, 0.15) is 12.2 Å². The molecule has 2 heterocycles. The molecule has 0 radical (unpaired) electrons. The summed E-state index contributed by atoms with van der Waals surface area (Å²) in [6, 6.07) is 32.2. The molecular weight excluding hydrogens is 715 g/mol. The first-order chi connectivity index (χ1) is 27.9. The summed E-state index contributed by atoms with van der Waals surface area (Å²) < 4.78 is 3.67. The lowest BCUT2D eigenvalue weighted by Gasteiger charge is -2.18. The smallest absolute Gasteiger partial charge is 0.129 e. The standard InChI is InChI=1S/C51H49N5S/c1-7-19-38(37(5)35-53-36-52)22-16-30-50(54-40-23-12-11-13-24-40)55(6)33-18-25-41(20-8-2)56-47-29-15-14-26-44(47)46-34-39(31-32-48(46)56)43-27-17-28-45-42(10-4)49(21-9-3)57-51(43)45/h7,9-32,34-36,52H,4-5,8,33H2,1-3,6H3/b19-7-,21-9-,25-18-,30-16+,38-22+,41-20+,52-36?,53-35?,54-50?. The van der Waals surface area contributed by atoms with Crippen molar-refractivity contribution < 1.29 is 0 Å². The molecule has 6 rings (SSSR count). The Labute approximate surface area is 340 Å². The number of nitrogens with zero attached hydrogens (tertiary/aromatic N) is 4. The monoisotopic (exact) mass is 763 g/mol. The van der Waals surface area contributed by atoms with Crippen LogP contribution in [0.5, 0.6) is 0 Å². The molecule has 0 saturated heterocycles. The summed E-state index contributed by atoms with van der Waals surface area (Å²) in [5.74, 6) is 0.810. The van der Waals surface area contributed by atoms with Crippen molar-refractivity contribution in [3.63, 3.8) is 0 Å². The Morgan fingerprint density at radius 2 is 1.65 bits per heavy atom. The molecule has 6 aromatic rings. The summed E-state index contributed by atoms with van der Waals surface area (Å²) >= 11 is 1.83. The second kappa shape index (κ2) is 19.3. The highest BCUT2D eigenvalue weighted by molar-refractivity contribution is 7.20. The lowest BCUT2D eigenvalue weighted by molar-refractivity contribution is 0.567. The predicted octanol–water partition coefficient (Wildman–Crippen LogP) is 14.1. The van der Waals surface area contributed by atoms with Gasteiger partial charge < -0.3 is 9.47 Å². The van der Waals surface area contributed by atoms with Crippen molar-refractivity contribution in [3.8, 4) is 11.1 Å². The van der Waals surface area contributed by atoms with E-state index in [1.165, 1.54) is 53.5 Å². The molecule has 0 spiro atoms. The van der Waals surface area contributed by atoms with Crippen molar-refractivity contribution >= 4 is 85.2 Å². The maximum absolute atomic E-state index is 7.23. The van der Waals surface area contributed by atoms with Crippen LogP contribution in [0.15, 0.2) is 180 Å². The molecule has 1 N–H and O–H groups in total. The van der Waals surface area contributed by atoms with Crippen LogP contribution in [-0.4, -0.2) is 41.4 Å². The predicted molar refractivity (Wildman–Crippen MR) is 253 cm³/mol. The first-order valence-electron chi connectivity index (χ1n) is 19.2. The number of aromatic nitrogens is 1. The average molecular weight is 764 g/mol. The van der Waals surface area contributed by atoms with E-state index in [0.29, 0.717) is 6.54 Å². The third-order valence-corrected chi connectivity index (χ3v) is 10.8. The average Bonchev–Trinajstić information content (AvgIpc) is 3.76. The third kappa shape index (κ3) is 9.09. The molecule has 0 atom stereocenters. The molecule has 57 heavy (non-hydrogen) atoms. The van der Waals surface area contributed by atoms with Gasteiger partial charge in [0.15, 0.2) is 0 Å². The minimum absolute atomic E-state index is 0.634. The molecule has 4 aromatic carbocycles. The largest absolute Gasteiger partial charge is 0.356 e.